The number of thiophene rings is 1. The van der Waals surface area contributed by atoms with Crippen molar-refractivity contribution in [1.82, 2.24) is 10.6 Å². The van der Waals surface area contributed by atoms with Crippen molar-refractivity contribution in [2.24, 2.45) is 10.9 Å². The minimum absolute atomic E-state index is 0.363. The Labute approximate surface area is 132 Å². The lowest BCUT2D eigenvalue weighted by molar-refractivity contribution is 0.129. The van der Waals surface area contributed by atoms with Gasteiger partial charge in [0, 0.05) is 42.4 Å². The van der Waals surface area contributed by atoms with Crippen LogP contribution >= 0.6 is 11.3 Å². The molecule has 5 heteroatoms. The van der Waals surface area contributed by atoms with Crippen LogP contribution in [-0.4, -0.2) is 38.8 Å². The SMILES string of the molecule is CN=C(NCCOCC1CC1)NC(C)Cc1ccc(C)s1. The molecule has 21 heavy (non-hydrogen) atoms. The largest absolute Gasteiger partial charge is 0.379 e. The van der Waals surface area contributed by atoms with E-state index in [4.69, 9.17) is 4.74 Å². The Balaban J connectivity index is 1.61. The summed E-state index contributed by atoms with van der Waals surface area (Å²) in [5, 5.41) is 6.73. The van der Waals surface area contributed by atoms with Crippen molar-refractivity contribution in [3.63, 3.8) is 0 Å². The zero-order valence-electron chi connectivity index (χ0n) is 13.3. The molecular weight excluding hydrogens is 282 g/mol. The highest BCUT2D eigenvalue weighted by Gasteiger charge is 2.20. The van der Waals surface area contributed by atoms with Gasteiger partial charge in [-0.15, -0.1) is 11.3 Å². The summed E-state index contributed by atoms with van der Waals surface area (Å²) in [7, 11) is 1.81. The molecule has 1 aliphatic carbocycles. The molecule has 1 saturated carbocycles. The third-order valence-corrected chi connectivity index (χ3v) is 4.52. The summed E-state index contributed by atoms with van der Waals surface area (Å²) in [6, 6.07) is 4.75. The van der Waals surface area contributed by atoms with Gasteiger partial charge in [0.25, 0.3) is 0 Å². The van der Waals surface area contributed by atoms with Crippen molar-refractivity contribution in [2.45, 2.75) is 39.2 Å². The van der Waals surface area contributed by atoms with Gasteiger partial charge in [-0.05, 0) is 44.7 Å². The lowest BCUT2D eigenvalue weighted by Gasteiger charge is -2.17. The molecule has 1 heterocycles. The predicted octanol–water partition coefficient (Wildman–Crippen LogP) is 2.58. The molecule has 1 unspecified atom stereocenters. The van der Waals surface area contributed by atoms with Crippen LogP contribution in [0.25, 0.3) is 0 Å². The Hall–Kier alpha value is -1.07. The molecule has 1 aromatic heterocycles. The van der Waals surface area contributed by atoms with Gasteiger partial charge < -0.3 is 15.4 Å². The summed E-state index contributed by atoms with van der Waals surface area (Å²) in [6.45, 7) is 6.80. The monoisotopic (exact) mass is 309 g/mol. The second-order valence-electron chi connectivity index (χ2n) is 5.78. The molecule has 4 nitrogen and oxygen atoms in total. The summed E-state index contributed by atoms with van der Waals surface area (Å²) in [5.74, 6) is 1.68. The Bertz CT molecular complexity index is 454. The van der Waals surface area contributed by atoms with Crippen molar-refractivity contribution in [3.8, 4) is 0 Å². The molecule has 1 aromatic rings. The van der Waals surface area contributed by atoms with E-state index in [2.05, 4.69) is 41.6 Å². The molecule has 0 bridgehead atoms. The van der Waals surface area contributed by atoms with Crippen LogP contribution in [0.15, 0.2) is 17.1 Å². The van der Waals surface area contributed by atoms with Crippen LogP contribution in [0.5, 0.6) is 0 Å². The number of aryl methyl sites for hydroxylation is 1. The summed E-state index contributed by atoms with van der Waals surface area (Å²) >= 11 is 1.86. The number of nitrogens with zero attached hydrogens (tertiary/aromatic N) is 1. The van der Waals surface area contributed by atoms with Gasteiger partial charge in [0.1, 0.15) is 0 Å². The van der Waals surface area contributed by atoms with Crippen molar-refractivity contribution in [3.05, 3.63) is 21.9 Å². The van der Waals surface area contributed by atoms with E-state index in [9.17, 15) is 0 Å². The van der Waals surface area contributed by atoms with Gasteiger partial charge in [-0.2, -0.15) is 0 Å². The first-order chi connectivity index (χ1) is 10.2. The summed E-state index contributed by atoms with van der Waals surface area (Å²) in [4.78, 5) is 7.04. The van der Waals surface area contributed by atoms with E-state index in [0.717, 1.165) is 38.1 Å². The average Bonchev–Trinajstić information content (AvgIpc) is 3.19. The third-order valence-electron chi connectivity index (χ3n) is 3.50. The quantitative estimate of drug-likeness (QED) is 0.441. The van der Waals surface area contributed by atoms with E-state index in [1.54, 1.807) is 0 Å². The molecule has 0 saturated heterocycles. The number of nitrogens with one attached hydrogen (secondary N) is 2. The number of aliphatic imine (C=N–C) groups is 1. The van der Waals surface area contributed by atoms with Crippen LogP contribution in [0.4, 0.5) is 0 Å². The summed E-state index contributed by atoms with van der Waals surface area (Å²) < 4.78 is 5.61. The van der Waals surface area contributed by atoms with E-state index in [0.29, 0.717) is 6.04 Å². The Morgan fingerprint density at radius 2 is 2.29 bits per heavy atom. The smallest absolute Gasteiger partial charge is 0.191 e. The fourth-order valence-electron chi connectivity index (χ4n) is 2.15. The Morgan fingerprint density at radius 1 is 1.48 bits per heavy atom. The molecule has 118 valence electrons. The van der Waals surface area contributed by atoms with Crippen LogP contribution in [0, 0.1) is 12.8 Å². The van der Waals surface area contributed by atoms with Gasteiger partial charge in [0.15, 0.2) is 5.96 Å². The molecule has 1 fully saturated rings. The maximum Gasteiger partial charge on any atom is 0.191 e. The van der Waals surface area contributed by atoms with E-state index < -0.39 is 0 Å². The highest BCUT2D eigenvalue weighted by Crippen LogP contribution is 2.28. The molecule has 0 aliphatic heterocycles. The second-order valence-corrected chi connectivity index (χ2v) is 7.15. The van der Waals surface area contributed by atoms with Crippen LogP contribution < -0.4 is 10.6 Å². The lowest BCUT2D eigenvalue weighted by atomic mass is 10.2. The van der Waals surface area contributed by atoms with Crippen LogP contribution in [-0.2, 0) is 11.2 Å². The molecule has 0 radical (unpaired) electrons. The first-order valence-corrected chi connectivity index (χ1v) is 8.59. The minimum atomic E-state index is 0.363. The first-order valence-electron chi connectivity index (χ1n) is 7.77. The Kier molecular flexibility index (Phi) is 6.51. The van der Waals surface area contributed by atoms with Crippen LogP contribution in [0.3, 0.4) is 0 Å². The normalized spacial score (nSPS) is 16.8. The Morgan fingerprint density at radius 3 is 2.90 bits per heavy atom. The van der Waals surface area contributed by atoms with Crippen LogP contribution in [0.2, 0.25) is 0 Å². The van der Waals surface area contributed by atoms with Crippen molar-refractivity contribution in [2.75, 3.05) is 26.8 Å². The summed E-state index contributed by atoms with van der Waals surface area (Å²) in [6.07, 6.45) is 3.71. The van der Waals surface area contributed by atoms with E-state index in [1.807, 2.05) is 18.4 Å². The van der Waals surface area contributed by atoms with Crippen molar-refractivity contribution >= 4 is 17.3 Å². The minimum Gasteiger partial charge on any atom is -0.379 e. The molecule has 0 spiro atoms. The standard InChI is InChI=1S/C16H27N3OS/c1-12(10-15-7-4-13(2)21-15)19-16(17-3)18-8-9-20-11-14-5-6-14/h4,7,12,14H,5-6,8-11H2,1-3H3,(H2,17,18,19). The molecule has 1 aliphatic rings. The van der Waals surface area contributed by atoms with Gasteiger partial charge in [-0.3, -0.25) is 4.99 Å². The zero-order chi connectivity index (χ0) is 15.1. The van der Waals surface area contributed by atoms with Gasteiger partial charge in [-0.1, -0.05) is 0 Å². The van der Waals surface area contributed by atoms with Crippen LogP contribution in [0.1, 0.15) is 29.5 Å². The lowest BCUT2D eigenvalue weighted by Crippen LogP contribution is -2.44. The number of hydrogen-bond acceptors (Lipinski definition) is 3. The maximum atomic E-state index is 5.61. The number of rotatable bonds is 8. The third kappa shape index (κ3) is 6.48. The maximum absolute atomic E-state index is 5.61. The molecule has 0 aromatic carbocycles. The number of hydrogen-bond donors (Lipinski definition) is 2. The zero-order valence-corrected chi connectivity index (χ0v) is 14.1. The summed E-state index contributed by atoms with van der Waals surface area (Å²) in [5.41, 5.74) is 0. The fourth-order valence-corrected chi connectivity index (χ4v) is 3.17. The molecule has 2 N–H and O–H groups in total. The molecule has 2 rings (SSSR count). The first kappa shape index (κ1) is 16.3. The number of guanidine groups is 1. The topological polar surface area (TPSA) is 45.7 Å². The second kappa shape index (κ2) is 8.39. The van der Waals surface area contributed by atoms with Gasteiger partial charge in [0.05, 0.1) is 6.61 Å². The van der Waals surface area contributed by atoms with E-state index in [-0.39, 0.29) is 0 Å². The molecule has 0 amide bonds. The molecular formula is C16H27N3OS. The van der Waals surface area contributed by atoms with Crippen molar-refractivity contribution in [1.29, 1.82) is 0 Å². The average molecular weight is 309 g/mol. The molecule has 1 atom stereocenters. The highest BCUT2D eigenvalue weighted by atomic mass is 32.1. The van der Waals surface area contributed by atoms with Gasteiger partial charge >= 0.3 is 0 Å². The van der Waals surface area contributed by atoms with Gasteiger partial charge in [-0.25, -0.2) is 0 Å². The highest BCUT2D eigenvalue weighted by molar-refractivity contribution is 7.11. The van der Waals surface area contributed by atoms with E-state index >= 15 is 0 Å². The van der Waals surface area contributed by atoms with Crippen molar-refractivity contribution < 1.29 is 4.74 Å². The fraction of sp³-hybridized carbons (Fsp3) is 0.688. The number of ether oxygens (including phenoxy) is 1. The van der Waals surface area contributed by atoms with E-state index in [1.165, 1.54) is 22.6 Å². The van der Waals surface area contributed by atoms with Gasteiger partial charge in [0.2, 0.25) is 0 Å². The predicted molar refractivity (Wildman–Crippen MR) is 90.3 cm³/mol.